The molecule has 1 amide bonds. The summed E-state index contributed by atoms with van der Waals surface area (Å²) in [5, 5.41) is 26.9. The van der Waals surface area contributed by atoms with Crippen LogP contribution in [0.25, 0.3) is 0 Å². The predicted molar refractivity (Wildman–Crippen MR) is 135 cm³/mol. The number of Topliss-reactive ketones (excluding diaryl/α,β-unsaturated/α-hetero) is 1. The number of amides is 1. The van der Waals surface area contributed by atoms with Gasteiger partial charge in [0.2, 0.25) is 0 Å². The number of unbranched alkanes of at least 4 members (excludes halogenated alkanes) is 1. The fraction of sp³-hybridized carbons (Fsp3) is 0.786. The molecule has 3 saturated carbocycles. The van der Waals surface area contributed by atoms with E-state index < -0.39 is 11.6 Å². The zero-order valence-electron chi connectivity index (χ0n) is 22.0. The molecule has 0 aromatic rings. The van der Waals surface area contributed by atoms with Gasteiger partial charge in [0.25, 0.3) is 5.91 Å². The summed E-state index contributed by atoms with van der Waals surface area (Å²) >= 11 is 0. The number of fused-ring (bicyclic) bond motifs is 5. The number of carboxylic acid groups (broad SMARTS) is 1. The van der Waals surface area contributed by atoms with Crippen molar-refractivity contribution in [2.45, 2.75) is 97.0 Å². The summed E-state index contributed by atoms with van der Waals surface area (Å²) in [4.78, 5) is 40.2. The van der Waals surface area contributed by atoms with E-state index >= 15 is 0 Å². The maximum absolute atomic E-state index is 12.4. The van der Waals surface area contributed by atoms with Crippen molar-refractivity contribution in [1.82, 2.24) is 5.32 Å². The number of oxime groups is 1. The lowest BCUT2D eigenvalue weighted by atomic mass is 9.46. The number of hydrogen-bond acceptors (Lipinski definition) is 6. The molecule has 0 aromatic heterocycles. The van der Waals surface area contributed by atoms with Crippen LogP contribution in [-0.2, 0) is 19.2 Å². The van der Waals surface area contributed by atoms with Gasteiger partial charge in [-0.25, -0.2) is 0 Å². The molecule has 4 rings (SSSR count). The molecule has 0 aliphatic heterocycles. The maximum Gasteiger partial charge on any atom is 0.303 e. The molecule has 3 fully saturated rings. The molecule has 0 aromatic carbocycles. The third-order valence-electron chi connectivity index (χ3n) is 10.2. The Bertz CT molecular complexity index is 960. The number of rotatable bonds is 9. The molecular formula is C28H42N2O6. The van der Waals surface area contributed by atoms with Gasteiger partial charge in [-0.3, -0.25) is 14.4 Å². The summed E-state index contributed by atoms with van der Waals surface area (Å²) in [7, 11) is 0. The molecule has 8 nitrogen and oxygen atoms in total. The average Bonchev–Trinajstić information content (AvgIpc) is 3.11. The standard InChI is InChI=1S/C28H42N2O6/c1-18(31)28(35)14-11-23-21-8-7-19-16-20(9-12-26(19,2)22(21)10-13-27(23,28)3)30-36-17-24(32)29-15-5-4-6-25(33)34/h16,21-23,35H,4-15,17H2,1-3H3,(H,29,32)(H,33,34)/b30-20+. The van der Waals surface area contributed by atoms with E-state index in [-0.39, 0.29) is 35.5 Å². The normalized spacial score (nSPS) is 38.4. The smallest absolute Gasteiger partial charge is 0.303 e. The van der Waals surface area contributed by atoms with Gasteiger partial charge in [0, 0.05) is 18.4 Å². The summed E-state index contributed by atoms with van der Waals surface area (Å²) < 4.78 is 0. The van der Waals surface area contributed by atoms with Gasteiger partial charge < -0.3 is 20.4 Å². The Morgan fingerprint density at radius 3 is 2.56 bits per heavy atom. The number of ketones is 1. The van der Waals surface area contributed by atoms with Crippen LogP contribution in [0.2, 0.25) is 0 Å². The summed E-state index contributed by atoms with van der Waals surface area (Å²) in [5.74, 6) is 0.333. The van der Waals surface area contributed by atoms with Crippen molar-refractivity contribution >= 4 is 23.4 Å². The number of aliphatic hydroxyl groups is 1. The minimum absolute atomic E-state index is 0.0704. The van der Waals surface area contributed by atoms with E-state index in [2.05, 4.69) is 30.4 Å². The predicted octanol–water partition coefficient (Wildman–Crippen LogP) is 4.01. The quantitative estimate of drug-likeness (QED) is 0.323. The Morgan fingerprint density at radius 1 is 1.08 bits per heavy atom. The van der Waals surface area contributed by atoms with Crippen molar-refractivity contribution in [2.24, 2.45) is 33.7 Å². The highest BCUT2D eigenvalue weighted by Gasteiger charge is 2.65. The fourth-order valence-corrected chi connectivity index (χ4v) is 8.09. The van der Waals surface area contributed by atoms with E-state index in [1.165, 1.54) is 5.57 Å². The van der Waals surface area contributed by atoms with Gasteiger partial charge in [-0.15, -0.1) is 0 Å². The monoisotopic (exact) mass is 502 g/mol. The van der Waals surface area contributed by atoms with Crippen LogP contribution >= 0.6 is 0 Å². The van der Waals surface area contributed by atoms with E-state index in [1.54, 1.807) is 6.92 Å². The fourth-order valence-electron chi connectivity index (χ4n) is 8.09. The molecule has 4 aliphatic carbocycles. The van der Waals surface area contributed by atoms with E-state index in [1.807, 2.05) is 0 Å². The summed E-state index contributed by atoms with van der Waals surface area (Å²) in [6.07, 6.45) is 10.8. The molecule has 0 spiro atoms. The van der Waals surface area contributed by atoms with Crippen molar-refractivity contribution in [3.63, 3.8) is 0 Å². The van der Waals surface area contributed by atoms with Crippen LogP contribution in [0.15, 0.2) is 16.8 Å². The molecule has 6 atom stereocenters. The first-order valence-corrected chi connectivity index (χ1v) is 13.6. The highest BCUT2D eigenvalue weighted by atomic mass is 16.6. The van der Waals surface area contributed by atoms with Gasteiger partial charge >= 0.3 is 5.97 Å². The Labute approximate surface area is 213 Å². The molecule has 36 heavy (non-hydrogen) atoms. The zero-order valence-corrected chi connectivity index (χ0v) is 22.0. The third-order valence-corrected chi connectivity index (χ3v) is 10.2. The number of nitrogens with one attached hydrogen (secondary N) is 1. The van der Waals surface area contributed by atoms with E-state index in [4.69, 9.17) is 9.94 Å². The van der Waals surface area contributed by atoms with Gasteiger partial charge in [-0.2, -0.15) is 0 Å². The molecule has 3 N–H and O–H groups in total. The molecule has 0 heterocycles. The van der Waals surface area contributed by atoms with Crippen LogP contribution < -0.4 is 5.32 Å². The van der Waals surface area contributed by atoms with Gasteiger partial charge in [0.15, 0.2) is 12.4 Å². The number of aliphatic carboxylic acids is 1. The molecule has 200 valence electrons. The molecular weight excluding hydrogens is 460 g/mol. The van der Waals surface area contributed by atoms with Crippen LogP contribution in [0.4, 0.5) is 0 Å². The van der Waals surface area contributed by atoms with Gasteiger partial charge in [-0.05, 0) is 100 Å². The largest absolute Gasteiger partial charge is 0.481 e. The summed E-state index contributed by atoms with van der Waals surface area (Å²) in [6, 6.07) is 0. The molecule has 6 unspecified atom stereocenters. The van der Waals surface area contributed by atoms with Crippen LogP contribution in [0.5, 0.6) is 0 Å². The summed E-state index contributed by atoms with van der Waals surface area (Å²) in [5.41, 5.74) is 0.914. The second kappa shape index (κ2) is 10.3. The number of carbonyl (C=O) groups is 3. The minimum Gasteiger partial charge on any atom is -0.481 e. The second-order valence-electron chi connectivity index (χ2n) is 12.0. The first-order chi connectivity index (χ1) is 17.0. The zero-order chi connectivity index (χ0) is 26.1. The molecule has 0 saturated heterocycles. The number of hydrogen-bond donors (Lipinski definition) is 3. The van der Waals surface area contributed by atoms with Crippen LogP contribution in [0.1, 0.15) is 91.4 Å². The Hall–Kier alpha value is -2.22. The SMILES string of the molecule is CC(=O)C1(O)CCC2C3CCC4=C/C(=N/OCC(=O)NCCCCC(=O)O)CCC4(C)C3CCC21C. The van der Waals surface area contributed by atoms with Crippen LogP contribution in [0, 0.1) is 28.6 Å². The van der Waals surface area contributed by atoms with E-state index in [0.717, 1.165) is 50.7 Å². The van der Waals surface area contributed by atoms with Crippen molar-refractivity contribution in [1.29, 1.82) is 0 Å². The maximum atomic E-state index is 12.4. The van der Waals surface area contributed by atoms with Gasteiger partial charge in [0.1, 0.15) is 5.60 Å². The Kier molecular flexibility index (Phi) is 7.65. The number of carboxylic acids is 1. The van der Waals surface area contributed by atoms with Crippen molar-refractivity contribution in [2.75, 3.05) is 13.2 Å². The number of allylic oxidation sites excluding steroid dienone is 2. The van der Waals surface area contributed by atoms with Gasteiger partial charge in [-0.1, -0.05) is 24.6 Å². The Balaban J connectivity index is 1.34. The van der Waals surface area contributed by atoms with E-state index in [9.17, 15) is 19.5 Å². The highest BCUT2D eigenvalue weighted by molar-refractivity contribution is 5.96. The van der Waals surface area contributed by atoms with Crippen molar-refractivity contribution in [3.8, 4) is 0 Å². The lowest BCUT2D eigenvalue weighted by molar-refractivity contribution is -0.159. The number of carbonyl (C=O) groups excluding carboxylic acids is 2. The second-order valence-corrected chi connectivity index (χ2v) is 12.0. The lowest BCUT2D eigenvalue weighted by Gasteiger charge is -2.59. The highest BCUT2D eigenvalue weighted by Crippen LogP contribution is 2.67. The molecule has 0 radical (unpaired) electrons. The lowest BCUT2D eigenvalue weighted by Crippen LogP contribution is -2.57. The van der Waals surface area contributed by atoms with Crippen LogP contribution in [-0.4, -0.2) is 52.3 Å². The molecule has 0 bridgehead atoms. The number of nitrogens with zero attached hydrogens (tertiary/aromatic N) is 1. The first kappa shape index (κ1) is 26.8. The average molecular weight is 503 g/mol. The third kappa shape index (κ3) is 4.73. The van der Waals surface area contributed by atoms with Gasteiger partial charge in [0.05, 0.1) is 5.71 Å². The molecule has 4 aliphatic rings. The molecule has 8 heteroatoms. The van der Waals surface area contributed by atoms with Crippen LogP contribution in [0.3, 0.4) is 0 Å². The minimum atomic E-state index is -1.17. The van der Waals surface area contributed by atoms with E-state index in [0.29, 0.717) is 43.6 Å². The van der Waals surface area contributed by atoms with Crippen molar-refractivity contribution < 1.29 is 29.4 Å². The first-order valence-electron chi connectivity index (χ1n) is 13.6. The Morgan fingerprint density at radius 2 is 1.83 bits per heavy atom. The topological polar surface area (TPSA) is 125 Å². The van der Waals surface area contributed by atoms with Crippen molar-refractivity contribution in [3.05, 3.63) is 11.6 Å². The summed E-state index contributed by atoms with van der Waals surface area (Å²) in [6.45, 7) is 6.39.